The van der Waals surface area contributed by atoms with Crippen LogP contribution in [-0.2, 0) is 4.74 Å². The van der Waals surface area contributed by atoms with Gasteiger partial charge in [-0.05, 0) is 18.6 Å². The van der Waals surface area contributed by atoms with Crippen molar-refractivity contribution in [2.45, 2.75) is 6.42 Å². The maximum Gasteiger partial charge on any atom is 0.320 e. The summed E-state index contributed by atoms with van der Waals surface area (Å²) >= 11 is 1.26. The molecule has 0 saturated carbocycles. The molecule has 1 aromatic carbocycles. The van der Waals surface area contributed by atoms with Crippen LogP contribution in [0.5, 0.6) is 11.9 Å². The molecule has 0 N–H and O–H groups in total. The van der Waals surface area contributed by atoms with E-state index in [-0.39, 0.29) is 29.0 Å². The van der Waals surface area contributed by atoms with Crippen LogP contribution in [0, 0.1) is 5.82 Å². The summed E-state index contributed by atoms with van der Waals surface area (Å²) in [5.74, 6) is -0.592. The number of carbonyl (C=O) groups excluding carboxylic acids is 1. The van der Waals surface area contributed by atoms with Crippen LogP contribution in [0.2, 0.25) is 0 Å². The largest absolute Gasteiger partial charge is 0.481 e. The molecule has 1 aliphatic heterocycles. The summed E-state index contributed by atoms with van der Waals surface area (Å²) in [6.07, 6.45) is 0.712. The molecule has 1 saturated heterocycles. The van der Waals surface area contributed by atoms with Gasteiger partial charge in [-0.1, -0.05) is 17.4 Å². The highest BCUT2D eigenvalue weighted by atomic mass is 32.1. The molecule has 0 aliphatic carbocycles. The van der Waals surface area contributed by atoms with Gasteiger partial charge >= 0.3 is 6.01 Å². The maximum atomic E-state index is 14.2. The highest BCUT2D eigenvalue weighted by Crippen LogP contribution is 2.31. The zero-order valence-corrected chi connectivity index (χ0v) is 18.7. The molecule has 0 atom stereocenters. The van der Waals surface area contributed by atoms with Gasteiger partial charge in [0.1, 0.15) is 17.0 Å². The summed E-state index contributed by atoms with van der Waals surface area (Å²) in [5, 5.41) is 0.411. The van der Waals surface area contributed by atoms with Crippen molar-refractivity contribution in [3.8, 4) is 11.9 Å². The van der Waals surface area contributed by atoms with Gasteiger partial charge in [0, 0.05) is 32.2 Å². The number of anilines is 1. The number of carbonyl (C=O) groups is 1. The van der Waals surface area contributed by atoms with E-state index < -0.39 is 5.82 Å². The fourth-order valence-electron chi connectivity index (χ4n) is 3.43. The van der Waals surface area contributed by atoms with E-state index in [0.29, 0.717) is 36.0 Å². The average Bonchev–Trinajstić information content (AvgIpc) is 3.27. The quantitative estimate of drug-likeness (QED) is 0.506. The smallest absolute Gasteiger partial charge is 0.320 e. The van der Waals surface area contributed by atoms with Gasteiger partial charge in [-0.3, -0.25) is 14.6 Å². The van der Waals surface area contributed by atoms with Crippen LogP contribution < -0.4 is 14.4 Å². The number of benzene rings is 1. The Morgan fingerprint density at radius 3 is 2.75 bits per heavy atom. The number of amides is 1. The number of ether oxygens (including phenoxy) is 3. The number of aromatic nitrogens is 3. The zero-order chi connectivity index (χ0) is 22.5. The first-order chi connectivity index (χ1) is 15.6. The average molecular weight is 462 g/mol. The summed E-state index contributed by atoms with van der Waals surface area (Å²) in [5.41, 5.74) is 0.358. The van der Waals surface area contributed by atoms with Crippen LogP contribution in [0.25, 0.3) is 10.2 Å². The van der Waals surface area contributed by atoms with Crippen LogP contribution >= 0.6 is 11.3 Å². The molecule has 3 heterocycles. The second kappa shape index (κ2) is 10.2. The third-order valence-corrected chi connectivity index (χ3v) is 6.13. The predicted molar refractivity (Wildman–Crippen MR) is 118 cm³/mol. The van der Waals surface area contributed by atoms with Gasteiger partial charge < -0.3 is 14.2 Å². The number of thiazole rings is 1. The molecule has 11 heteroatoms. The van der Waals surface area contributed by atoms with Gasteiger partial charge in [0.05, 0.1) is 32.1 Å². The van der Waals surface area contributed by atoms with Crippen LogP contribution in [0.3, 0.4) is 0 Å². The van der Waals surface area contributed by atoms with Gasteiger partial charge in [0.2, 0.25) is 5.88 Å². The molecule has 9 nitrogen and oxygen atoms in total. The molecule has 3 aromatic rings. The molecule has 4 rings (SSSR count). The van der Waals surface area contributed by atoms with Crippen molar-refractivity contribution in [1.82, 2.24) is 19.9 Å². The van der Waals surface area contributed by atoms with Gasteiger partial charge in [-0.15, -0.1) is 0 Å². The van der Waals surface area contributed by atoms with Crippen molar-refractivity contribution in [1.29, 1.82) is 0 Å². The minimum absolute atomic E-state index is 0.0244. The molecule has 1 amide bonds. The first-order valence-electron chi connectivity index (χ1n) is 10.2. The van der Waals surface area contributed by atoms with E-state index in [1.165, 1.54) is 42.6 Å². The SMILES string of the molecule is COc1cc(C(=O)N(CCCN2CCOCC2)c2nc3c(F)cccc3s2)nc(OC)n1. The van der Waals surface area contributed by atoms with Crippen molar-refractivity contribution in [2.24, 2.45) is 0 Å². The fraction of sp³-hybridized carbons (Fsp3) is 0.429. The normalized spacial score (nSPS) is 14.5. The van der Waals surface area contributed by atoms with Crippen LogP contribution in [-0.4, -0.2) is 79.4 Å². The molecule has 32 heavy (non-hydrogen) atoms. The van der Waals surface area contributed by atoms with E-state index in [9.17, 15) is 9.18 Å². The van der Waals surface area contributed by atoms with E-state index in [0.717, 1.165) is 19.6 Å². The number of fused-ring (bicyclic) bond motifs is 1. The highest BCUT2D eigenvalue weighted by Gasteiger charge is 2.25. The summed E-state index contributed by atoms with van der Waals surface area (Å²) in [7, 11) is 2.87. The van der Waals surface area contributed by atoms with E-state index >= 15 is 0 Å². The van der Waals surface area contributed by atoms with E-state index in [4.69, 9.17) is 14.2 Å². The summed E-state index contributed by atoms with van der Waals surface area (Å²) < 4.78 is 30.6. The Morgan fingerprint density at radius 2 is 2.03 bits per heavy atom. The van der Waals surface area contributed by atoms with Gasteiger partial charge in [-0.2, -0.15) is 9.97 Å². The second-order valence-corrected chi connectivity index (χ2v) is 8.14. The Bertz CT molecular complexity index is 1070. The zero-order valence-electron chi connectivity index (χ0n) is 17.9. The van der Waals surface area contributed by atoms with Crippen molar-refractivity contribution >= 4 is 32.6 Å². The Balaban J connectivity index is 1.63. The minimum atomic E-state index is -0.420. The maximum absolute atomic E-state index is 14.2. The lowest BCUT2D eigenvalue weighted by Gasteiger charge is -2.27. The van der Waals surface area contributed by atoms with Gasteiger partial charge in [0.15, 0.2) is 5.13 Å². The number of morpholine rings is 1. The molecule has 170 valence electrons. The lowest BCUT2D eigenvalue weighted by molar-refractivity contribution is 0.0376. The number of halogens is 1. The predicted octanol–water partition coefficient (Wildman–Crippen LogP) is 2.61. The lowest BCUT2D eigenvalue weighted by Crippen LogP contribution is -2.39. The first-order valence-corrected chi connectivity index (χ1v) is 11.0. The summed E-state index contributed by atoms with van der Waals surface area (Å²) in [6.45, 7) is 4.34. The van der Waals surface area contributed by atoms with Crippen LogP contribution in [0.15, 0.2) is 24.3 Å². The summed E-state index contributed by atoms with van der Waals surface area (Å²) in [4.78, 5) is 30.0. The lowest BCUT2D eigenvalue weighted by atomic mass is 10.3. The number of hydrogen-bond acceptors (Lipinski definition) is 9. The number of methoxy groups -OCH3 is 2. The molecule has 0 radical (unpaired) electrons. The number of para-hydroxylation sites is 1. The van der Waals surface area contributed by atoms with E-state index in [1.54, 1.807) is 12.1 Å². The highest BCUT2D eigenvalue weighted by molar-refractivity contribution is 7.22. The fourth-order valence-corrected chi connectivity index (χ4v) is 4.43. The van der Waals surface area contributed by atoms with Gasteiger partial charge in [-0.25, -0.2) is 9.37 Å². The number of hydrogen-bond donors (Lipinski definition) is 0. The van der Waals surface area contributed by atoms with E-state index in [2.05, 4.69) is 19.9 Å². The number of nitrogens with zero attached hydrogens (tertiary/aromatic N) is 5. The van der Waals surface area contributed by atoms with Crippen LogP contribution in [0.4, 0.5) is 9.52 Å². The van der Waals surface area contributed by atoms with Gasteiger partial charge in [0.25, 0.3) is 5.91 Å². The molecular weight excluding hydrogens is 437 g/mol. The Kier molecular flexibility index (Phi) is 7.08. The molecule has 0 bridgehead atoms. The monoisotopic (exact) mass is 461 g/mol. The topological polar surface area (TPSA) is 89.9 Å². The second-order valence-electron chi connectivity index (χ2n) is 7.13. The van der Waals surface area contributed by atoms with Crippen molar-refractivity contribution in [3.63, 3.8) is 0 Å². The Hall–Kier alpha value is -2.89. The molecule has 1 aliphatic rings. The molecule has 0 unspecified atom stereocenters. The minimum Gasteiger partial charge on any atom is -0.481 e. The van der Waals surface area contributed by atoms with Crippen molar-refractivity contribution in [3.05, 3.63) is 35.8 Å². The summed E-state index contributed by atoms with van der Waals surface area (Å²) in [6, 6.07) is 6.25. The third-order valence-electron chi connectivity index (χ3n) is 5.09. The molecule has 1 fully saturated rings. The number of rotatable bonds is 8. The standard InChI is InChI=1S/C21H24FN5O4S/c1-29-17-13-15(23-20(24-17)30-2)19(28)27(8-4-7-26-9-11-31-12-10-26)21-25-18-14(22)5-3-6-16(18)32-21/h3,5-6,13H,4,7-12H2,1-2H3. The Morgan fingerprint density at radius 1 is 1.22 bits per heavy atom. The molecular formula is C21H24FN5O4S. The third kappa shape index (κ3) is 4.95. The first kappa shape index (κ1) is 22.3. The van der Waals surface area contributed by atoms with Crippen molar-refractivity contribution < 1.29 is 23.4 Å². The molecule has 2 aromatic heterocycles. The van der Waals surface area contributed by atoms with E-state index in [1.807, 2.05) is 0 Å². The Labute approximate surface area is 188 Å². The van der Waals surface area contributed by atoms with Crippen molar-refractivity contribution in [2.75, 3.05) is 58.5 Å². The van der Waals surface area contributed by atoms with Crippen LogP contribution in [0.1, 0.15) is 16.9 Å². The molecule has 0 spiro atoms.